The molecule has 4 rings (SSSR count). The second-order valence-electron chi connectivity index (χ2n) is 8.21. The van der Waals surface area contributed by atoms with Crippen LogP contribution in [-0.2, 0) is 26.1 Å². The number of pyridine rings is 1. The van der Waals surface area contributed by atoms with E-state index in [0.717, 1.165) is 16.8 Å². The van der Waals surface area contributed by atoms with Gasteiger partial charge >= 0.3 is 0 Å². The van der Waals surface area contributed by atoms with E-state index in [1.165, 1.54) is 24.0 Å². The summed E-state index contributed by atoms with van der Waals surface area (Å²) < 4.78 is 19.0. The summed E-state index contributed by atoms with van der Waals surface area (Å²) in [6.45, 7) is 4.17. The number of carbonyl (C=O) groups is 1. The first-order chi connectivity index (χ1) is 16.5. The van der Waals surface area contributed by atoms with Gasteiger partial charge in [-0.1, -0.05) is 48.0 Å². The van der Waals surface area contributed by atoms with Gasteiger partial charge in [-0.2, -0.15) is 0 Å². The highest BCUT2D eigenvalue weighted by Gasteiger charge is 2.16. The molecular weight excluding hydrogens is 431 g/mol. The van der Waals surface area contributed by atoms with Gasteiger partial charge in [0.25, 0.3) is 5.91 Å². The molecule has 1 N–H and O–H groups in total. The first-order valence-electron chi connectivity index (χ1n) is 11.2. The lowest BCUT2D eigenvalue weighted by Crippen LogP contribution is -2.26. The fourth-order valence-corrected chi connectivity index (χ4v) is 3.70. The Morgan fingerprint density at radius 2 is 1.82 bits per heavy atom. The van der Waals surface area contributed by atoms with Gasteiger partial charge in [-0.25, -0.2) is 9.37 Å². The lowest BCUT2D eigenvalue weighted by atomic mass is 10.1. The van der Waals surface area contributed by atoms with Crippen molar-refractivity contribution in [3.63, 3.8) is 0 Å². The van der Waals surface area contributed by atoms with E-state index in [-0.39, 0.29) is 17.4 Å². The summed E-state index contributed by atoms with van der Waals surface area (Å²) in [7, 11) is 0. The lowest BCUT2D eigenvalue weighted by Gasteiger charge is -2.21. The molecule has 4 aromatic rings. The molecule has 2 aromatic carbocycles. The van der Waals surface area contributed by atoms with Crippen molar-refractivity contribution in [1.29, 1.82) is 0 Å². The molecule has 0 radical (unpaired) electrons. The molecule has 0 bridgehead atoms. The summed E-state index contributed by atoms with van der Waals surface area (Å²) in [5, 5.41) is 2.85. The number of aryl methyl sites for hydroxylation is 1. The van der Waals surface area contributed by atoms with Gasteiger partial charge in [0.15, 0.2) is 5.69 Å². The fourth-order valence-electron chi connectivity index (χ4n) is 3.70. The zero-order chi connectivity index (χ0) is 23.8. The maximum Gasteiger partial charge on any atom is 0.273 e. The molecule has 0 aliphatic heterocycles. The number of carbonyl (C=O) groups excluding carboxylic acids is 1. The Morgan fingerprint density at radius 3 is 2.59 bits per heavy atom. The Kier molecular flexibility index (Phi) is 7.78. The maximum absolute atomic E-state index is 13.3. The minimum Gasteiger partial charge on any atom is -0.447 e. The first kappa shape index (κ1) is 23.3. The summed E-state index contributed by atoms with van der Waals surface area (Å²) in [6, 6.07) is 20.4. The molecule has 0 unspecified atom stereocenters. The molecule has 0 saturated heterocycles. The number of nitrogens with zero attached hydrogens (tertiary/aromatic N) is 3. The van der Waals surface area contributed by atoms with E-state index in [2.05, 4.69) is 45.3 Å². The number of aromatic nitrogens is 2. The molecule has 0 atom stereocenters. The molecule has 0 spiro atoms. The largest absolute Gasteiger partial charge is 0.447 e. The normalized spacial score (nSPS) is 11.0. The summed E-state index contributed by atoms with van der Waals surface area (Å²) in [5.74, 6) is -0.0975. The number of benzene rings is 2. The van der Waals surface area contributed by atoms with Crippen LogP contribution in [-0.4, -0.2) is 27.3 Å². The van der Waals surface area contributed by atoms with Gasteiger partial charge in [-0.15, -0.1) is 0 Å². The van der Waals surface area contributed by atoms with Crippen LogP contribution in [0.2, 0.25) is 0 Å². The van der Waals surface area contributed by atoms with Crippen molar-refractivity contribution < 1.29 is 13.6 Å². The topological polar surface area (TPSA) is 71.3 Å². The Hall–Kier alpha value is -3.84. The SMILES string of the molecule is Cc1cccc(CN(Cc2ccc(F)cc2)Cc2nc(C(=O)NCCc3ccccn3)co2)c1. The van der Waals surface area contributed by atoms with Crippen LogP contribution in [0.25, 0.3) is 0 Å². The number of halogens is 1. The van der Waals surface area contributed by atoms with Gasteiger partial charge < -0.3 is 9.73 Å². The molecule has 2 heterocycles. The van der Waals surface area contributed by atoms with E-state index in [0.29, 0.717) is 38.5 Å². The number of hydrogen-bond donors (Lipinski definition) is 1. The quantitative estimate of drug-likeness (QED) is 0.373. The van der Waals surface area contributed by atoms with Gasteiger partial charge in [0.1, 0.15) is 12.1 Å². The summed E-state index contributed by atoms with van der Waals surface area (Å²) in [5.41, 5.74) is 4.47. The number of amides is 1. The van der Waals surface area contributed by atoms with Crippen LogP contribution >= 0.6 is 0 Å². The minimum absolute atomic E-state index is 0.244. The third-order valence-electron chi connectivity index (χ3n) is 5.34. The van der Waals surface area contributed by atoms with Crippen molar-refractivity contribution in [1.82, 2.24) is 20.2 Å². The Morgan fingerprint density at radius 1 is 1.00 bits per heavy atom. The molecule has 0 aliphatic rings. The molecule has 174 valence electrons. The zero-order valence-electron chi connectivity index (χ0n) is 19.1. The molecule has 7 heteroatoms. The predicted octanol–water partition coefficient (Wildman–Crippen LogP) is 4.69. The van der Waals surface area contributed by atoms with Crippen LogP contribution in [0.3, 0.4) is 0 Å². The number of hydrogen-bond acceptors (Lipinski definition) is 5. The predicted molar refractivity (Wildman–Crippen MR) is 127 cm³/mol. The lowest BCUT2D eigenvalue weighted by molar-refractivity contribution is 0.0949. The second kappa shape index (κ2) is 11.3. The van der Waals surface area contributed by atoms with Crippen molar-refractivity contribution >= 4 is 5.91 Å². The van der Waals surface area contributed by atoms with E-state index in [9.17, 15) is 9.18 Å². The van der Waals surface area contributed by atoms with Crippen LogP contribution < -0.4 is 5.32 Å². The average Bonchev–Trinajstić information content (AvgIpc) is 3.30. The summed E-state index contributed by atoms with van der Waals surface area (Å²) in [6.07, 6.45) is 3.75. The Balaban J connectivity index is 1.40. The van der Waals surface area contributed by atoms with Crippen molar-refractivity contribution in [3.8, 4) is 0 Å². The molecule has 0 fully saturated rings. The van der Waals surface area contributed by atoms with E-state index >= 15 is 0 Å². The standard InChI is InChI=1S/C27H27FN4O2/c1-20-5-4-6-22(15-20)17-32(16-21-8-10-23(28)11-9-21)18-26-31-25(19-34-26)27(33)30-14-12-24-7-2-3-13-29-24/h2-11,13,15,19H,12,14,16-18H2,1H3,(H,30,33). The highest BCUT2D eigenvalue weighted by atomic mass is 19.1. The second-order valence-corrected chi connectivity index (χ2v) is 8.21. The van der Waals surface area contributed by atoms with Gasteiger partial charge in [-0.05, 0) is 42.3 Å². The third-order valence-corrected chi connectivity index (χ3v) is 5.34. The third kappa shape index (κ3) is 6.83. The maximum atomic E-state index is 13.3. The van der Waals surface area contributed by atoms with Gasteiger partial charge in [0.05, 0.1) is 6.54 Å². The molecule has 2 aromatic heterocycles. The molecular formula is C27H27FN4O2. The average molecular weight is 459 g/mol. The Labute approximate surface area is 198 Å². The smallest absolute Gasteiger partial charge is 0.273 e. The van der Waals surface area contributed by atoms with Crippen molar-refractivity contribution in [2.24, 2.45) is 0 Å². The highest BCUT2D eigenvalue weighted by molar-refractivity contribution is 5.91. The van der Waals surface area contributed by atoms with Crippen molar-refractivity contribution in [2.45, 2.75) is 33.0 Å². The molecule has 1 amide bonds. The molecule has 0 aliphatic carbocycles. The Bertz CT molecular complexity index is 1210. The summed E-state index contributed by atoms with van der Waals surface area (Å²) in [4.78, 5) is 23.3. The number of nitrogens with one attached hydrogen (secondary N) is 1. The highest BCUT2D eigenvalue weighted by Crippen LogP contribution is 2.16. The zero-order valence-corrected chi connectivity index (χ0v) is 19.1. The van der Waals surface area contributed by atoms with Crippen LogP contribution in [0.5, 0.6) is 0 Å². The van der Waals surface area contributed by atoms with E-state index in [4.69, 9.17) is 4.42 Å². The van der Waals surface area contributed by atoms with Crippen molar-refractivity contribution in [3.05, 3.63) is 119 Å². The molecule has 34 heavy (non-hydrogen) atoms. The summed E-state index contributed by atoms with van der Waals surface area (Å²) >= 11 is 0. The van der Waals surface area contributed by atoms with Crippen LogP contribution in [0.4, 0.5) is 4.39 Å². The van der Waals surface area contributed by atoms with E-state index in [1.54, 1.807) is 18.3 Å². The molecule has 6 nitrogen and oxygen atoms in total. The van der Waals surface area contributed by atoms with Crippen LogP contribution in [0.1, 0.15) is 38.8 Å². The monoisotopic (exact) mass is 458 g/mol. The van der Waals surface area contributed by atoms with Gasteiger partial charge in [-0.3, -0.25) is 14.7 Å². The van der Waals surface area contributed by atoms with E-state index in [1.807, 2.05) is 24.3 Å². The minimum atomic E-state index is -0.283. The van der Waals surface area contributed by atoms with Gasteiger partial charge in [0.2, 0.25) is 5.89 Å². The molecule has 0 saturated carbocycles. The van der Waals surface area contributed by atoms with Gasteiger partial charge in [0, 0.05) is 37.9 Å². The van der Waals surface area contributed by atoms with Crippen LogP contribution in [0.15, 0.2) is 83.6 Å². The van der Waals surface area contributed by atoms with E-state index < -0.39 is 0 Å². The van der Waals surface area contributed by atoms with Crippen molar-refractivity contribution in [2.75, 3.05) is 6.54 Å². The van der Waals surface area contributed by atoms with Crippen LogP contribution in [0, 0.1) is 12.7 Å². The number of rotatable bonds is 10. The number of oxazole rings is 1. The fraction of sp³-hybridized carbons (Fsp3) is 0.222. The first-order valence-corrected chi connectivity index (χ1v) is 11.2.